The fourth-order valence-electron chi connectivity index (χ4n) is 2.46. The van der Waals surface area contributed by atoms with E-state index in [1.54, 1.807) is 0 Å². The van der Waals surface area contributed by atoms with Crippen LogP contribution in [0.4, 0.5) is 0 Å². The molecule has 0 heterocycles. The van der Waals surface area contributed by atoms with E-state index in [0.717, 1.165) is 25.7 Å². The van der Waals surface area contributed by atoms with Crippen molar-refractivity contribution in [3.8, 4) is 11.5 Å². The third kappa shape index (κ3) is 4.34. The number of carbonyl (C=O) groups is 1. The second-order valence-corrected chi connectivity index (χ2v) is 5.34. The first-order valence-corrected chi connectivity index (χ1v) is 7.24. The summed E-state index contributed by atoms with van der Waals surface area (Å²) in [4.78, 5) is 11.9. The van der Waals surface area contributed by atoms with Gasteiger partial charge in [-0.05, 0) is 37.8 Å². The van der Waals surface area contributed by atoms with Crippen LogP contribution in [0.5, 0.6) is 11.5 Å². The van der Waals surface area contributed by atoms with Crippen molar-refractivity contribution in [1.29, 1.82) is 0 Å². The Morgan fingerprint density at radius 1 is 1.29 bits per heavy atom. The number of hydrogen-bond donors (Lipinski definition) is 4. The van der Waals surface area contributed by atoms with Crippen LogP contribution in [0.15, 0.2) is 18.2 Å². The normalized spacial score (nSPS) is 22.0. The highest BCUT2D eigenvalue weighted by Crippen LogP contribution is 2.27. The molecular formula is C15H22N2O4. The molecule has 21 heavy (non-hydrogen) atoms. The van der Waals surface area contributed by atoms with E-state index in [1.807, 2.05) is 0 Å². The number of rotatable bonds is 5. The van der Waals surface area contributed by atoms with Gasteiger partial charge in [0.05, 0.1) is 18.3 Å². The molecule has 6 nitrogen and oxygen atoms in total. The molecule has 5 N–H and O–H groups in total. The average molecular weight is 294 g/mol. The molecule has 2 rings (SSSR count). The molecule has 0 aliphatic heterocycles. The lowest BCUT2D eigenvalue weighted by Crippen LogP contribution is -2.33. The maximum atomic E-state index is 11.9. The highest BCUT2D eigenvalue weighted by atomic mass is 16.5. The Balaban J connectivity index is 1.71. The van der Waals surface area contributed by atoms with Crippen LogP contribution in [0.1, 0.15) is 36.0 Å². The van der Waals surface area contributed by atoms with Gasteiger partial charge in [-0.25, -0.2) is 0 Å². The van der Waals surface area contributed by atoms with E-state index in [-0.39, 0.29) is 17.4 Å². The number of benzene rings is 1. The van der Waals surface area contributed by atoms with Gasteiger partial charge in [-0.2, -0.15) is 0 Å². The molecule has 0 bridgehead atoms. The lowest BCUT2D eigenvalue weighted by Gasteiger charge is -2.26. The van der Waals surface area contributed by atoms with Crippen molar-refractivity contribution in [3.05, 3.63) is 23.8 Å². The molecule has 1 aliphatic carbocycles. The Hall–Kier alpha value is -1.79. The maximum absolute atomic E-state index is 11.9. The predicted molar refractivity (Wildman–Crippen MR) is 78.3 cm³/mol. The first-order valence-electron chi connectivity index (χ1n) is 7.24. The molecular weight excluding hydrogens is 272 g/mol. The van der Waals surface area contributed by atoms with E-state index >= 15 is 0 Å². The van der Waals surface area contributed by atoms with Crippen molar-refractivity contribution in [2.24, 2.45) is 5.73 Å². The van der Waals surface area contributed by atoms with E-state index in [1.165, 1.54) is 18.2 Å². The molecule has 1 saturated carbocycles. The van der Waals surface area contributed by atoms with Gasteiger partial charge in [-0.15, -0.1) is 0 Å². The molecule has 1 amide bonds. The number of carbonyl (C=O) groups excluding carboxylic acids is 1. The van der Waals surface area contributed by atoms with E-state index in [9.17, 15) is 15.0 Å². The standard InChI is InChI=1S/C15H22N2O4/c16-10-4-6-11(7-5-10)21-9-8-17-15(20)12-2-1-3-13(18)14(12)19/h1-3,10-11,18-19H,4-9,16H2,(H,17,20). The summed E-state index contributed by atoms with van der Waals surface area (Å²) >= 11 is 0. The number of phenols is 2. The third-order valence-electron chi connectivity index (χ3n) is 3.72. The van der Waals surface area contributed by atoms with Gasteiger partial charge in [0, 0.05) is 12.6 Å². The minimum absolute atomic E-state index is 0.0543. The zero-order valence-electron chi connectivity index (χ0n) is 11.9. The number of hydrogen-bond acceptors (Lipinski definition) is 5. The summed E-state index contributed by atoms with van der Waals surface area (Å²) in [6, 6.07) is 4.57. The maximum Gasteiger partial charge on any atom is 0.255 e. The van der Waals surface area contributed by atoms with E-state index in [2.05, 4.69) is 5.32 Å². The molecule has 1 aromatic carbocycles. The van der Waals surface area contributed by atoms with Crippen molar-refractivity contribution in [2.75, 3.05) is 13.2 Å². The first kappa shape index (κ1) is 15.6. The van der Waals surface area contributed by atoms with Gasteiger partial charge < -0.3 is 26.0 Å². The highest BCUT2D eigenvalue weighted by molar-refractivity contribution is 5.97. The monoisotopic (exact) mass is 294 g/mol. The summed E-state index contributed by atoms with van der Waals surface area (Å²) in [5, 5.41) is 21.6. The van der Waals surface area contributed by atoms with Gasteiger partial charge in [0.1, 0.15) is 0 Å². The average Bonchev–Trinajstić information content (AvgIpc) is 2.48. The Morgan fingerprint density at radius 2 is 2.00 bits per heavy atom. The van der Waals surface area contributed by atoms with Gasteiger partial charge in [0.2, 0.25) is 0 Å². The fourth-order valence-corrected chi connectivity index (χ4v) is 2.46. The molecule has 0 atom stereocenters. The molecule has 0 spiro atoms. The smallest absolute Gasteiger partial charge is 0.255 e. The van der Waals surface area contributed by atoms with Gasteiger partial charge in [-0.3, -0.25) is 4.79 Å². The molecule has 0 unspecified atom stereocenters. The Labute approximate surface area is 123 Å². The lowest BCUT2D eigenvalue weighted by atomic mass is 9.94. The summed E-state index contributed by atoms with van der Waals surface area (Å²) in [5.74, 6) is -1.15. The largest absolute Gasteiger partial charge is 0.504 e. The van der Waals surface area contributed by atoms with Gasteiger partial charge in [0.25, 0.3) is 5.91 Å². The van der Waals surface area contributed by atoms with Crippen molar-refractivity contribution in [3.63, 3.8) is 0 Å². The summed E-state index contributed by atoms with van der Waals surface area (Å²) in [6.45, 7) is 0.779. The van der Waals surface area contributed by atoms with Crippen molar-refractivity contribution in [2.45, 2.75) is 37.8 Å². The number of nitrogens with one attached hydrogen (secondary N) is 1. The minimum atomic E-state index is -0.433. The number of aromatic hydroxyl groups is 2. The zero-order valence-corrected chi connectivity index (χ0v) is 11.9. The number of phenolic OH excluding ortho intramolecular Hbond substituents is 2. The number of nitrogens with two attached hydrogens (primary N) is 1. The highest BCUT2D eigenvalue weighted by Gasteiger charge is 2.19. The second-order valence-electron chi connectivity index (χ2n) is 5.34. The molecule has 0 aromatic heterocycles. The van der Waals surface area contributed by atoms with Gasteiger partial charge in [0.15, 0.2) is 11.5 Å². The topological polar surface area (TPSA) is 105 Å². The van der Waals surface area contributed by atoms with Crippen molar-refractivity contribution < 1.29 is 19.7 Å². The van der Waals surface area contributed by atoms with Gasteiger partial charge >= 0.3 is 0 Å². The third-order valence-corrected chi connectivity index (χ3v) is 3.72. The molecule has 1 aliphatic rings. The SMILES string of the molecule is NC1CCC(OCCNC(=O)c2cccc(O)c2O)CC1. The predicted octanol–water partition coefficient (Wildman–Crippen LogP) is 1.11. The summed E-state index contributed by atoms with van der Waals surface area (Å²) in [6.07, 6.45) is 4.10. The lowest BCUT2D eigenvalue weighted by molar-refractivity contribution is 0.0267. The van der Waals surface area contributed by atoms with Crippen LogP contribution in [0, 0.1) is 0 Å². The van der Waals surface area contributed by atoms with Gasteiger partial charge in [-0.1, -0.05) is 6.07 Å². The Bertz CT molecular complexity index is 485. The van der Waals surface area contributed by atoms with Crippen LogP contribution in [0.2, 0.25) is 0 Å². The molecule has 0 radical (unpaired) electrons. The molecule has 116 valence electrons. The molecule has 0 saturated heterocycles. The summed E-state index contributed by atoms with van der Waals surface area (Å²) < 4.78 is 5.69. The van der Waals surface area contributed by atoms with Crippen molar-refractivity contribution >= 4 is 5.91 Å². The Kier molecular flexibility index (Phi) is 5.41. The van der Waals surface area contributed by atoms with Crippen LogP contribution in [-0.4, -0.2) is 41.4 Å². The minimum Gasteiger partial charge on any atom is -0.504 e. The molecule has 1 aromatic rings. The summed E-state index contributed by atoms with van der Waals surface area (Å²) in [5.41, 5.74) is 5.88. The van der Waals surface area contributed by atoms with Crippen LogP contribution in [0.3, 0.4) is 0 Å². The number of ether oxygens (including phenoxy) is 1. The molecule has 6 heteroatoms. The van der Waals surface area contributed by atoms with Crippen LogP contribution in [0.25, 0.3) is 0 Å². The van der Waals surface area contributed by atoms with Crippen molar-refractivity contribution in [1.82, 2.24) is 5.32 Å². The fraction of sp³-hybridized carbons (Fsp3) is 0.533. The zero-order chi connectivity index (χ0) is 15.2. The quantitative estimate of drug-likeness (QED) is 0.481. The first-order chi connectivity index (χ1) is 10.1. The number of para-hydroxylation sites is 1. The van der Waals surface area contributed by atoms with E-state index < -0.39 is 11.7 Å². The second kappa shape index (κ2) is 7.28. The van der Waals surface area contributed by atoms with Crippen LogP contribution in [-0.2, 0) is 4.74 Å². The Morgan fingerprint density at radius 3 is 2.71 bits per heavy atom. The number of amides is 1. The summed E-state index contributed by atoms with van der Waals surface area (Å²) in [7, 11) is 0. The molecule has 1 fully saturated rings. The van der Waals surface area contributed by atoms with E-state index in [4.69, 9.17) is 10.5 Å². The van der Waals surface area contributed by atoms with Crippen LogP contribution >= 0.6 is 0 Å². The van der Waals surface area contributed by atoms with Crippen LogP contribution < -0.4 is 11.1 Å². The van der Waals surface area contributed by atoms with E-state index in [0.29, 0.717) is 19.2 Å².